The summed E-state index contributed by atoms with van der Waals surface area (Å²) in [5.74, 6) is -1.31. The zero-order valence-electron chi connectivity index (χ0n) is 10.9. The summed E-state index contributed by atoms with van der Waals surface area (Å²) in [6.45, 7) is 0. The molecular formula is C15H11NO4S. The Morgan fingerprint density at radius 3 is 2.10 bits per heavy atom. The lowest BCUT2D eigenvalue weighted by Gasteiger charge is -2.05. The maximum atomic E-state index is 12.2. The lowest BCUT2D eigenvalue weighted by Crippen LogP contribution is -2.06. The molecule has 0 heterocycles. The van der Waals surface area contributed by atoms with Gasteiger partial charge < -0.3 is 5.11 Å². The van der Waals surface area contributed by atoms with Gasteiger partial charge in [0.2, 0.25) is 0 Å². The Labute approximate surface area is 122 Å². The van der Waals surface area contributed by atoms with Gasteiger partial charge in [-0.05, 0) is 42.0 Å². The second kappa shape index (κ2) is 5.77. The standard InChI is InChI=1S/C15H11NO4S/c16-9-11-1-3-12(4-2-11)10-21(19,20)14-7-5-13(6-8-14)15(17)18/h1-8H,10H2,(H,17,18). The summed E-state index contributed by atoms with van der Waals surface area (Å²) in [6.07, 6.45) is 0. The number of sulfone groups is 1. The highest BCUT2D eigenvalue weighted by Crippen LogP contribution is 2.17. The first-order valence-corrected chi connectivity index (χ1v) is 7.63. The van der Waals surface area contributed by atoms with Crippen LogP contribution in [0.15, 0.2) is 53.4 Å². The highest BCUT2D eigenvalue weighted by molar-refractivity contribution is 7.90. The number of nitrogens with zero attached hydrogens (tertiary/aromatic N) is 1. The number of nitriles is 1. The van der Waals surface area contributed by atoms with Crippen LogP contribution < -0.4 is 0 Å². The molecule has 6 heteroatoms. The SMILES string of the molecule is N#Cc1ccc(CS(=O)(=O)c2ccc(C(=O)O)cc2)cc1. The molecule has 0 saturated carbocycles. The summed E-state index contributed by atoms with van der Waals surface area (Å²) in [5.41, 5.74) is 1.06. The Kier molecular flexibility index (Phi) is 4.05. The van der Waals surface area contributed by atoms with Crippen molar-refractivity contribution in [2.24, 2.45) is 0 Å². The van der Waals surface area contributed by atoms with Gasteiger partial charge in [-0.15, -0.1) is 0 Å². The van der Waals surface area contributed by atoms with E-state index in [1.165, 1.54) is 24.3 Å². The average molecular weight is 301 g/mol. The van der Waals surface area contributed by atoms with Crippen LogP contribution in [0.5, 0.6) is 0 Å². The molecule has 0 aromatic heterocycles. The van der Waals surface area contributed by atoms with Gasteiger partial charge in [-0.25, -0.2) is 13.2 Å². The van der Waals surface area contributed by atoms with Gasteiger partial charge in [0.25, 0.3) is 0 Å². The van der Waals surface area contributed by atoms with Gasteiger partial charge in [0.15, 0.2) is 9.84 Å². The lowest BCUT2D eigenvalue weighted by atomic mass is 10.2. The largest absolute Gasteiger partial charge is 0.478 e. The predicted octanol–water partition coefficient (Wildman–Crippen LogP) is 2.23. The number of rotatable bonds is 4. The Balaban J connectivity index is 2.25. The molecule has 0 aliphatic carbocycles. The minimum absolute atomic E-state index is 0.0346. The zero-order valence-corrected chi connectivity index (χ0v) is 11.7. The van der Waals surface area contributed by atoms with E-state index in [0.717, 1.165) is 0 Å². The van der Waals surface area contributed by atoms with Gasteiger partial charge >= 0.3 is 5.97 Å². The van der Waals surface area contributed by atoms with Crippen LogP contribution in [0.1, 0.15) is 21.5 Å². The summed E-state index contributed by atoms with van der Waals surface area (Å²) in [7, 11) is -3.55. The molecule has 0 bridgehead atoms. The molecule has 5 nitrogen and oxygen atoms in total. The molecule has 0 atom stereocenters. The molecule has 2 rings (SSSR count). The van der Waals surface area contributed by atoms with Crippen molar-refractivity contribution in [2.45, 2.75) is 10.6 Å². The summed E-state index contributed by atoms with van der Waals surface area (Å²) in [4.78, 5) is 10.8. The number of hydrogen-bond acceptors (Lipinski definition) is 4. The van der Waals surface area contributed by atoms with Crippen LogP contribution in [0.3, 0.4) is 0 Å². The quantitative estimate of drug-likeness (QED) is 0.934. The molecule has 0 fully saturated rings. The van der Waals surface area contributed by atoms with Crippen molar-refractivity contribution >= 4 is 15.8 Å². The van der Waals surface area contributed by atoms with Crippen molar-refractivity contribution < 1.29 is 18.3 Å². The minimum Gasteiger partial charge on any atom is -0.478 e. The molecule has 0 spiro atoms. The van der Waals surface area contributed by atoms with Crippen LogP contribution in [-0.2, 0) is 15.6 Å². The first kappa shape index (κ1) is 14.8. The normalized spacial score (nSPS) is 10.8. The summed E-state index contributed by atoms with van der Waals surface area (Å²) < 4.78 is 24.4. The van der Waals surface area contributed by atoms with Crippen LogP contribution in [0, 0.1) is 11.3 Å². The van der Waals surface area contributed by atoms with Crippen LogP contribution >= 0.6 is 0 Å². The Hall–Kier alpha value is -2.65. The first-order chi connectivity index (χ1) is 9.92. The van der Waals surface area contributed by atoms with Gasteiger partial charge in [0.1, 0.15) is 0 Å². The lowest BCUT2D eigenvalue weighted by molar-refractivity contribution is 0.0696. The topological polar surface area (TPSA) is 95.2 Å². The highest BCUT2D eigenvalue weighted by Gasteiger charge is 2.16. The van der Waals surface area contributed by atoms with E-state index < -0.39 is 15.8 Å². The molecule has 0 aliphatic heterocycles. The van der Waals surface area contributed by atoms with Crippen molar-refractivity contribution in [2.75, 3.05) is 0 Å². The fourth-order valence-corrected chi connectivity index (χ4v) is 3.13. The smallest absolute Gasteiger partial charge is 0.335 e. The van der Waals surface area contributed by atoms with Crippen LogP contribution in [0.2, 0.25) is 0 Å². The fourth-order valence-electron chi connectivity index (χ4n) is 1.78. The van der Waals surface area contributed by atoms with Crippen LogP contribution in [0.4, 0.5) is 0 Å². The molecule has 0 aliphatic rings. The molecule has 0 unspecified atom stereocenters. The van der Waals surface area contributed by atoms with Crippen molar-refractivity contribution in [3.8, 4) is 6.07 Å². The van der Waals surface area contributed by atoms with E-state index in [1.54, 1.807) is 24.3 Å². The van der Waals surface area contributed by atoms with E-state index in [1.807, 2.05) is 6.07 Å². The molecule has 2 aromatic rings. The van der Waals surface area contributed by atoms with E-state index in [2.05, 4.69) is 0 Å². The molecule has 21 heavy (non-hydrogen) atoms. The zero-order chi connectivity index (χ0) is 15.5. The van der Waals surface area contributed by atoms with Crippen LogP contribution in [-0.4, -0.2) is 19.5 Å². The van der Waals surface area contributed by atoms with Gasteiger partial charge in [-0.3, -0.25) is 0 Å². The van der Waals surface area contributed by atoms with Gasteiger partial charge in [-0.1, -0.05) is 12.1 Å². The summed E-state index contributed by atoms with van der Waals surface area (Å²) in [6, 6.07) is 13.3. The minimum atomic E-state index is -3.55. The van der Waals surface area contributed by atoms with E-state index in [0.29, 0.717) is 11.1 Å². The van der Waals surface area contributed by atoms with Crippen molar-refractivity contribution in [3.05, 3.63) is 65.2 Å². The monoisotopic (exact) mass is 301 g/mol. The molecular weight excluding hydrogens is 290 g/mol. The van der Waals surface area contributed by atoms with Crippen LogP contribution in [0.25, 0.3) is 0 Å². The Morgan fingerprint density at radius 2 is 1.62 bits per heavy atom. The third-order valence-electron chi connectivity index (χ3n) is 2.90. The number of aromatic carboxylic acids is 1. The second-order valence-electron chi connectivity index (χ2n) is 4.40. The first-order valence-electron chi connectivity index (χ1n) is 5.97. The third kappa shape index (κ3) is 3.46. The molecule has 106 valence electrons. The average Bonchev–Trinajstić information content (AvgIpc) is 2.48. The maximum Gasteiger partial charge on any atom is 0.335 e. The number of benzene rings is 2. The van der Waals surface area contributed by atoms with E-state index in [-0.39, 0.29) is 16.2 Å². The van der Waals surface area contributed by atoms with Crippen molar-refractivity contribution in [3.63, 3.8) is 0 Å². The van der Waals surface area contributed by atoms with Gasteiger partial charge in [-0.2, -0.15) is 5.26 Å². The second-order valence-corrected chi connectivity index (χ2v) is 6.39. The van der Waals surface area contributed by atoms with E-state index in [4.69, 9.17) is 10.4 Å². The third-order valence-corrected chi connectivity index (χ3v) is 4.60. The molecule has 0 radical (unpaired) electrons. The van der Waals surface area contributed by atoms with E-state index >= 15 is 0 Å². The van der Waals surface area contributed by atoms with Gasteiger partial charge in [0.05, 0.1) is 27.8 Å². The highest BCUT2D eigenvalue weighted by atomic mass is 32.2. The molecule has 0 amide bonds. The van der Waals surface area contributed by atoms with Crippen molar-refractivity contribution in [1.29, 1.82) is 5.26 Å². The van der Waals surface area contributed by atoms with Gasteiger partial charge in [0, 0.05) is 0 Å². The molecule has 2 aromatic carbocycles. The molecule has 0 saturated heterocycles. The maximum absolute atomic E-state index is 12.2. The molecule has 1 N–H and O–H groups in total. The fraction of sp³-hybridized carbons (Fsp3) is 0.0667. The number of carboxylic acid groups (broad SMARTS) is 1. The summed E-state index contributed by atoms with van der Waals surface area (Å²) in [5, 5.41) is 17.5. The number of carbonyl (C=O) groups is 1. The summed E-state index contributed by atoms with van der Waals surface area (Å²) >= 11 is 0. The number of hydrogen-bond donors (Lipinski definition) is 1. The Morgan fingerprint density at radius 1 is 1.05 bits per heavy atom. The Bertz CT molecular complexity index is 800. The van der Waals surface area contributed by atoms with E-state index in [9.17, 15) is 13.2 Å². The van der Waals surface area contributed by atoms with Crippen molar-refractivity contribution in [1.82, 2.24) is 0 Å². The predicted molar refractivity (Wildman–Crippen MR) is 75.4 cm³/mol. The number of carboxylic acids is 1.